The molecule has 1 atom stereocenters. The molecule has 50 heavy (non-hydrogen) atoms. The number of carbonyl (C=O) groups is 3. The minimum atomic E-state index is -0.697. The maximum absolute atomic E-state index is 14.8. The molecule has 0 spiro atoms. The van der Waals surface area contributed by atoms with E-state index in [9.17, 15) is 23.6 Å². The van der Waals surface area contributed by atoms with E-state index in [4.69, 9.17) is 4.74 Å². The van der Waals surface area contributed by atoms with Crippen molar-refractivity contribution in [2.75, 3.05) is 25.0 Å². The number of nitrogens with zero attached hydrogens (tertiary/aromatic N) is 5. The number of hydrogen-bond acceptors (Lipinski definition) is 7. The lowest BCUT2D eigenvalue weighted by Gasteiger charge is -2.37. The normalized spacial score (nSPS) is 22.6. The van der Waals surface area contributed by atoms with Gasteiger partial charge in [-0.2, -0.15) is 5.10 Å². The van der Waals surface area contributed by atoms with Crippen LogP contribution in [0.15, 0.2) is 41.3 Å². The number of aromatic nitrogens is 4. The number of amides is 3. The van der Waals surface area contributed by atoms with Crippen LogP contribution in [-0.2, 0) is 21.4 Å². The summed E-state index contributed by atoms with van der Waals surface area (Å²) in [5.41, 5.74) is 2.49. The fourth-order valence-corrected chi connectivity index (χ4v) is 8.17. The van der Waals surface area contributed by atoms with Crippen LogP contribution >= 0.6 is 0 Å². The topological polar surface area (TPSA) is 132 Å². The molecule has 2 N–H and O–H groups in total. The number of para-hydroxylation sites is 1. The third-order valence-electron chi connectivity index (χ3n) is 10.6. The van der Waals surface area contributed by atoms with E-state index in [1.165, 1.54) is 6.07 Å². The molecule has 2 aliphatic heterocycles. The predicted molar refractivity (Wildman–Crippen MR) is 188 cm³/mol. The summed E-state index contributed by atoms with van der Waals surface area (Å²) in [6.07, 6.45) is 7.96. The van der Waals surface area contributed by atoms with Gasteiger partial charge in [-0.25, -0.2) is 14.0 Å². The average molecular weight is 688 g/mol. The van der Waals surface area contributed by atoms with Crippen LogP contribution in [0.25, 0.3) is 21.9 Å². The number of anilines is 1. The van der Waals surface area contributed by atoms with Crippen LogP contribution in [0.3, 0.4) is 0 Å². The number of halogens is 1. The van der Waals surface area contributed by atoms with Crippen molar-refractivity contribution in [1.29, 1.82) is 0 Å². The Kier molecular flexibility index (Phi) is 9.04. The van der Waals surface area contributed by atoms with Gasteiger partial charge in [0.25, 0.3) is 0 Å². The first-order chi connectivity index (χ1) is 23.8. The fraction of sp³-hybridized carbons (Fsp3) is 0.541. The second-order valence-corrected chi connectivity index (χ2v) is 15.3. The summed E-state index contributed by atoms with van der Waals surface area (Å²) in [5, 5.41) is 10.4. The number of imidazole rings is 1. The van der Waals surface area contributed by atoms with Crippen molar-refractivity contribution in [2.24, 2.45) is 13.0 Å². The fourth-order valence-electron chi connectivity index (χ4n) is 8.17. The standard InChI is InChI=1S/C37H46FN7O5/c1-37(2,3)50-35(48)39-29-18-24-21-44(41-28(24)19-27(29)38)25-10-8-22(9-11-25)20-43-16-14-23(15-17-43)26-6-5-7-30-33(26)42(4)36(49)45(30)31-12-13-32(46)40-34(31)47/h5-7,18-19,21-23,25,31H,8-17,20H2,1-4H3,(H,39,48)(H,40,46,47). The summed E-state index contributed by atoms with van der Waals surface area (Å²) in [7, 11) is 1.77. The van der Waals surface area contributed by atoms with E-state index in [-0.39, 0.29) is 29.7 Å². The SMILES string of the molecule is Cn1c(=O)n(C2CCC(=O)NC2=O)c2cccc(C3CCN(CC4CCC(n5cc6cc(NC(=O)OC(C)(C)C)c(F)cc6n5)CC4)CC3)c21. The summed E-state index contributed by atoms with van der Waals surface area (Å²) in [4.78, 5) is 52.6. The molecule has 13 heteroatoms. The number of piperidine rings is 2. The zero-order valence-electron chi connectivity index (χ0n) is 29.2. The van der Waals surface area contributed by atoms with E-state index in [0.29, 0.717) is 23.8 Å². The van der Waals surface area contributed by atoms with Gasteiger partial charge in [-0.3, -0.25) is 34.0 Å². The Hall–Kier alpha value is -4.52. The summed E-state index contributed by atoms with van der Waals surface area (Å²) < 4.78 is 25.3. The molecule has 3 amide bonds. The molecule has 4 heterocycles. The lowest BCUT2D eigenvalue weighted by atomic mass is 9.84. The van der Waals surface area contributed by atoms with Gasteiger partial charge in [-0.05, 0) is 108 Å². The minimum absolute atomic E-state index is 0.0742. The highest BCUT2D eigenvalue weighted by atomic mass is 19.1. The van der Waals surface area contributed by atoms with Gasteiger partial charge in [0.1, 0.15) is 17.5 Å². The van der Waals surface area contributed by atoms with Crippen LogP contribution in [0.1, 0.15) is 95.7 Å². The Bertz CT molecular complexity index is 2010. The Labute approximate surface area is 289 Å². The highest BCUT2D eigenvalue weighted by Gasteiger charge is 2.33. The number of likely N-dealkylation sites (tertiary alicyclic amines) is 1. The molecule has 7 rings (SSSR count). The van der Waals surface area contributed by atoms with Crippen LogP contribution in [0.5, 0.6) is 0 Å². The molecular weight excluding hydrogens is 641 g/mol. The third-order valence-corrected chi connectivity index (χ3v) is 10.6. The Morgan fingerprint density at radius 2 is 1.78 bits per heavy atom. The number of imide groups is 1. The van der Waals surface area contributed by atoms with Gasteiger partial charge in [0, 0.05) is 37.7 Å². The number of fused-ring (bicyclic) bond motifs is 2. The monoisotopic (exact) mass is 687 g/mol. The molecule has 2 aromatic carbocycles. The molecule has 12 nitrogen and oxygen atoms in total. The maximum Gasteiger partial charge on any atom is 0.412 e. The smallest absolute Gasteiger partial charge is 0.412 e. The first-order valence-electron chi connectivity index (χ1n) is 17.8. The summed E-state index contributed by atoms with van der Waals surface area (Å²) >= 11 is 0. The highest BCUT2D eigenvalue weighted by Crippen LogP contribution is 2.37. The Balaban J connectivity index is 0.948. The Morgan fingerprint density at radius 3 is 2.48 bits per heavy atom. The molecule has 0 bridgehead atoms. The molecular formula is C37H46FN7O5. The molecule has 266 valence electrons. The third kappa shape index (κ3) is 6.79. The van der Waals surface area contributed by atoms with E-state index < -0.39 is 29.5 Å². The van der Waals surface area contributed by atoms with E-state index in [1.54, 1.807) is 43.0 Å². The van der Waals surface area contributed by atoms with Crippen LogP contribution in [0, 0.1) is 11.7 Å². The van der Waals surface area contributed by atoms with Gasteiger partial charge in [0.15, 0.2) is 0 Å². The highest BCUT2D eigenvalue weighted by molar-refractivity contribution is 6.00. The second-order valence-electron chi connectivity index (χ2n) is 15.3. The van der Waals surface area contributed by atoms with Gasteiger partial charge in [0.2, 0.25) is 11.8 Å². The van der Waals surface area contributed by atoms with E-state index in [2.05, 4.69) is 26.7 Å². The van der Waals surface area contributed by atoms with Gasteiger partial charge in [0.05, 0.1) is 28.3 Å². The molecule has 2 saturated heterocycles. The molecule has 0 radical (unpaired) electrons. The summed E-state index contributed by atoms with van der Waals surface area (Å²) in [6.45, 7) is 8.30. The molecule has 2 aromatic heterocycles. The molecule has 3 aliphatic rings. The Morgan fingerprint density at radius 1 is 1.04 bits per heavy atom. The number of carbonyl (C=O) groups excluding carboxylic acids is 3. The maximum atomic E-state index is 14.8. The van der Waals surface area contributed by atoms with Gasteiger partial charge >= 0.3 is 11.8 Å². The van der Waals surface area contributed by atoms with Crippen LogP contribution in [0.2, 0.25) is 0 Å². The van der Waals surface area contributed by atoms with Crippen molar-refractivity contribution in [3.63, 3.8) is 0 Å². The van der Waals surface area contributed by atoms with Gasteiger partial charge in [-0.1, -0.05) is 12.1 Å². The zero-order valence-corrected chi connectivity index (χ0v) is 29.2. The van der Waals surface area contributed by atoms with Crippen molar-refractivity contribution in [3.05, 3.63) is 58.4 Å². The quantitative estimate of drug-likeness (QED) is 0.246. The van der Waals surface area contributed by atoms with Crippen molar-refractivity contribution in [3.8, 4) is 0 Å². The van der Waals surface area contributed by atoms with Crippen molar-refractivity contribution >= 4 is 45.5 Å². The molecule has 1 unspecified atom stereocenters. The number of ether oxygens (including phenoxy) is 1. The van der Waals surface area contributed by atoms with Crippen molar-refractivity contribution < 1.29 is 23.5 Å². The van der Waals surface area contributed by atoms with Crippen LogP contribution in [-0.4, -0.2) is 67.0 Å². The number of rotatable bonds is 6. The summed E-state index contributed by atoms with van der Waals surface area (Å²) in [5.74, 6) is -0.350. The molecule has 4 aromatic rings. The van der Waals surface area contributed by atoms with Crippen LogP contribution in [0.4, 0.5) is 14.9 Å². The van der Waals surface area contributed by atoms with E-state index in [0.717, 1.165) is 80.1 Å². The second kappa shape index (κ2) is 13.3. The zero-order chi connectivity index (χ0) is 35.3. The van der Waals surface area contributed by atoms with E-state index >= 15 is 0 Å². The molecule has 1 aliphatic carbocycles. The minimum Gasteiger partial charge on any atom is -0.444 e. The average Bonchev–Trinajstić information content (AvgIpc) is 3.58. The number of benzene rings is 2. The van der Waals surface area contributed by atoms with Crippen molar-refractivity contribution in [2.45, 2.75) is 95.7 Å². The van der Waals surface area contributed by atoms with Gasteiger partial charge < -0.3 is 9.64 Å². The molecule has 3 fully saturated rings. The van der Waals surface area contributed by atoms with Crippen LogP contribution < -0.4 is 16.3 Å². The van der Waals surface area contributed by atoms with E-state index in [1.807, 2.05) is 23.0 Å². The molecule has 1 saturated carbocycles. The largest absolute Gasteiger partial charge is 0.444 e. The lowest BCUT2D eigenvalue weighted by Crippen LogP contribution is -2.44. The van der Waals surface area contributed by atoms with Gasteiger partial charge in [-0.15, -0.1) is 0 Å². The van der Waals surface area contributed by atoms with Crippen molar-refractivity contribution in [1.82, 2.24) is 29.1 Å². The number of hydrogen-bond donors (Lipinski definition) is 2. The number of nitrogens with one attached hydrogen (secondary N) is 2. The lowest BCUT2D eigenvalue weighted by molar-refractivity contribution is -0.135. The first-order valence-corrected chi connectivity index (χ1v) is 17.8. The number of aryl methyl sites for hydroxylation is 1. The predicted octanol–water partition coefficient (Wildman–Crippen LogP) is 5.76. The first kappa shape index (κ1) is 34.0. The summed E-state index contributed by atoms with van der Waals surface area (Å²) in [6, 6.07) is 8.53.